The molecular formula is C9H20O2. The lowest BCUT2D eigenvalue weighted by Gasteiger charge is -2.10. The molecule has 68 valence electrons. The van der Waals surface area contributed by atoms with Gasteiger partial charge in [0.1, 0.15) is 0 Å². The van der Waals surface area contributed by atoms with Crippen molar-refractivity contribution in [2.75, 3.05) is 20.3 Å². The topological polar surface area (TPSA) is 18.5 Å². The first-order chi connectivity index (χ1) is 5.16. The van der Waals surface area contributed by atoms with Crippen molar-refractivity contribution < 1.29 is 9.47 Å². The Hall–Kier alpha value is -0.0800. The van der Waals surface area contributed by atoms with Crippen LogP contribution in [-0.2, 0) is 9.47 Å². The summed E-state index contributed by atoms with van der Waals surface area (Å²) in [4.78, 5) is 0. The zero-order valence-electron chi connectivity index (χ0n) is 8.09. The Morgan fingerprint density at radius 2 is 1.82 bits per heavy atom. The molecule has 0 saturated heterocycles. The number of methoxy groups -OCH3 is 1. The molecule has 0 rings (SSSR count). The van der Waals surface area contributed by atoms with E-state index in [1.165, 1.54) is 0 Å². The molecule has 0 aromatic rings. The molecule has 0 aliphatic heterocycles. The van der Waals surface area contributed by atoms with Crippen LogP contribution in [0.15, 0.2) is 0 Å². The van der Waals surface area contributed by atoms with Gasteiger partial charge < -0.3 is 9.47 Å². The van der Waals surface area contributed by atoms with E-state index in [0.29, 0.717) is 6.61 Å². The molecule has 0 fully saturated rings. The van der Waals surface area contributed by atoms with Crippen LogP contribution in [0.2, 0.25) is 0 Å². The van der Waals surface area contributed by atoms with Crippen LogP contribution in [0.1, 0.15) is 27.2 Å². The maximum Gasteiger partial charge on any atom is 0.0776 e. The van der Waals surface area contributed by atoms with Crippen molar-refractivity contribution in [2.24, 2.45) is 5.92 Å². The lowest BCUT2D eigenvalue weighted by molar-refractivity contribution is 0.0155. The Balaban J connectivity index is 3.01. The summed E-state index contributed by atoms with van der Waals surface area (Å²) < 4.78 is 10.4. The van der Waals surface area contributed by atoms with E-state index in [-0.39, 0.29) is 6.10 Å². The fourth-order valence-corrected chi connectivity index (χ4v) is 0.636. The number of rotatable bonds is 6. The van der Waals surface area contributed by atoms with E-state index < -0.39 is 0 Å². The summed E-state index contributed by atoms with van der Waals surface area (Å²) in [6, 6.07) is 0. The third kappa shape index (κ3) is 7.82. The summed E-state index contributed by atoms with van der Waals surface area (Å²) in [5.41, 5.74) is 0. The second-order valence-electron chi connectivity index (χ2n) is 3.30. The van der Waals surface area contributed by atoms with Crippen LogP contribution in [0, 0.1) is 5.92 Å². The van der Waals surface area contributed by atoms with E-state index in [1.807, 2.05) is 6.92 Å². The third-order valence-corrected chi connectivity index (χ3v) is 1.59. The fraction of sp³-hybridized carbons (Fsp3) is 1.00. The van der Waals surface area contributed by atoms with Gasteiger partial charge in [-0.3, -0.25) is 0 Å². The summed E-state index contributed by atoms with van der Waals surface area (Å²) in [7, 11) is 1.70. The number of hydrogen-bond acceptors (Lipinski definition) is 2. The summed E-state index contributed by atoms with van der Waals surface area (Å²) >= 11 is 0. The van der Waals surface area contributed by atoms with Crippen LogP contribution in [0.5, 0.6) is 0 Å². The molecule has 0 bridgehead atoms. The van der Waals surface area contributed by atoms with Gasteiger partial charge in [-0.1, -0.05) is 13.8 Å². The molecule has 0 N–H and O–H groups in total. The highest BCUT2D eigenvalue weighted by molar-refractivity contribution is 4.46. The minimum Gasteiger partial charge on any atom is -0.379 e. The summed E-state index contributed by atoms with van der Waals surface area (Å²) in [6.45, 7) is 7.97. The number of ether oxygens (including phenoxy) is 2. The molecule has 0 heterocycles. The number of hydrogen-bond donors (Lipinski definition) is 0. The third-order valence-electron chi connectivity index (χ3n) is 1.59. The van der Waals surface area contributed by atoms with Crippen LogP contribution in [0.25, 0.3) is 0 Å². The molecule has 0 aromatic carbocycles. The Morgan fingerprint density at radius 1 is 1.18 bits per heavy atom. The first kappa shape index (κ1) is 10.9. The van der Waals surface area contributed by atoms with Crippen molar-refractivity contribution in [1.82, 2.24) is 0 Å². The zero-order valence-corrected chi connectivity index (χ0v) is 8.09. The van der Waals surface area contributed by atoms with Gasteiger partial charge in [-0.05, 0) is 19.3 Å². The lowest BCUT2D eigenvalue weighted by atomic mass is 10.1. The molecule has 0 aliphatic carbocycles. The first-order valence-corrected chi connectivity index (χ1v) is 4.27. The molecule has 0 radical (unpaired) electrons. The predicted molar refractivity (Wildman–Crippen MR) is 46.7 cm³/mol. The van der Waals surface area contributed by atoms with Gasteiger partial charge in [0.05, 0.1) is 12.7 Å². The molecule has 1 unspecified atom stereocenters. The molecule has 2 heteroatoms. The van der Waals surface area contributed by atoms with E-state index in [2.05, 4.69) is 13.8 Å². The van der Waals surface area contributed by atoms with Gasteiger partial charge in [0, 0.05) is 13.7 Å². The van der Waals surface area contributed by atoms with Gasteiger partial charge in [0.2, 0.25) is 0 Å². The smallest absolute Gasteiger partial charge is 0.0776 e. The van der Waals surface area contributed by atoms with Crippen LogP contribution < -0.4 is 0 Å². The van der Waals surface area contributed by atoms with E-state index in [0.717, 1.165) is 18.9 Å². The first-order valence-electron chi connectivity index (χ1n) is 4.27. The molecule has 0 aromatic heterocycles. The SMILES string of the molecule is COC(C)COCCC(C)C. The van der Waals surface area contributed by atoms with Crippen molar-refractivity contribution in [3.8, 4) is 0 Å². The van der Waals surface area contributed by atoms with E-state index in [9.17, 15) is 0 Å². The molecule has 11 heavy (non-hydrogen) atoms. The minimum absolute atomic E-state index is 0.224. The second kappa shape index (κ2) is 6.62. The minimum atomic E-state index is 0.224. The predicted octanol–water partition coefficient (Wildman–Crippen LogP) is 2.08. The molecular weight excluding hydrogens is 140 g/mol. The van der Waals surface area contributed by atoms with E-state index in [1.54, 1.807) is 7.11 Å². The van der Waals surface area contributed by atoms with Gasteiger partial charge >= 0.3 is 0 Å². The zero-order chi connectivity index (χ0) is 8.69. The van der Waals surface area contributed by atoms with Gasteiger partial charge in [0.25, 0.3) is 0 Å². The van der Waals surface area contributed by atoms with E-state index >= 15 is 0 Å². The molecule has 0 aliphatic rings. The fourth-order valence-electron chi connectivity index (χ4n) is 0.636. The van der Waals surface area contributed by atoms with Gasteiger partial charge in [-0.15, -0.1) is 0 Å². The highest BCUT2D eigenvalue weighted by Crippen LogP contribution is 1.99. The monoisotopic (exact) mass is 160 g/mol. The van der Waals surface area contributed by atoms with Gasteiger partial charge in [0.15, 0.2) is 0 Å². The van der Waals surface area contributed by atoms with Crippen LogP contribution in [0.4, 0.5) is 0 Å². The maximum absolute atomic E-state index is 5.37. The van der Waals surface area contributed by atoms with Gasteiger partial charge in [-0.25, -0.2) is 0 Å². The van der Waals surface area contributed by atoms with Crippen LogP contribution in [-0.4, -0.2) is 26.4 Å². The average molecular weight is 160 g/mol. The maximum atomic E-state index is 5.37. The van der Waals surface area contributed by atoms with Crippen LogP contribution >= 0.6 is 0 Å². The van der Waals surface area contributed by atoms with Crippen molar-refractivity contribution in [2.45, 2.75) is 33.3 Å². The highest BCUT2D eigenvalue weighted by atomic mass is 16.5. The van der Waals surface area contributed by atoms with Crippen molar-refractivity contribution >= 4 is 0 Å². The summed E-state index contributed by atoms with van der Waals surface area (Å²) in [5.74, 6) is 0.729. The van der Waals surface area contributed by atoms with Crippen LogP contribution in [0.3, 0.4) is 0 Å². The Labute approximate surface area is 69.9 Å². The highest BCUT2D eigenvalue weighted by Gasteiger charge is 1.99. The average Bonchev–Trinajstić information content (AvgIpc) is 1.97. The van der Waals surface area contributed by atoms with Crippen molar-refractivity contribution in [3.05, 3.63) is 0 Å². The Morgan fingerprint density at radius 3 is 2.27 bits per heavy atom. The largest absolute Gasteiger partial charge is 0.379 e. The Kier molecular flexibility index (Phi) is 6.57. The normalized spacial score (nSPS) is 13.9. The van der Waals surface area contributed by atoms with E-state index in [4.69, 9.17) is 9.47 Å². The lowest BCUT2D eigenvalue weighted by Crippen LogP contribution is -2.14. The summed E-state index contributed by atoms with van der Waals surface area (Å²) in [6.07, 6.45) is 1.36. The molecule has 0 saturated carbocycles. The summed E-state index contributed by atoms with van der Waals surface area (Å²) in [5, 5.41) is 0. The second-order valence-corrected chi connectivity index (χ2v) is 3.30. The molecule has 1 atom stereocenters. The van der Waals surface area contributed by atoms with Crippen molar-refractivity contribution in [3.63, 3.8) is 0 Å². The molecule has 0 spiro atoms. The Bertz CT molecular complexity index is 81.6. The van der Waals surface area contributed by atoms with Crippen molar-refractivity contribution in [1.29, 1.82) is 0 Å². The van der Waals surface area contributed by atoms with Gasteiger partial charge in [-0.2, -0.15) is 0 Å². The quantitative estimate of drug-likeness (QED) is 0.554. The molecule has 0 amide bonds. The standard InChI is InChI=1S/C9H20O2/c1-8(2)5-6-11-7-9(3)10-4/h8-9H,5-7H2,1-4H3. The molecule has 2 nitrogen and oxygen atoms in total.